The Morgan fingerprint density at radius 2 is 1.47 bits per heavy atom. The summed E-state index contributed by atoms with van der Waals surface area (Å²) in [4.78, 5) is 2.32. The van der Waals surface area contributed by atoms with Crippen LogP contribution in [0.1, 0.15) is 48.0 Å². The van der Waals surface area contributed by atoms with Crippen molar-refractivity contribution in [3.8, 4) is 0 Å². The molecule has 0 saturated carbocycles. The number of rotatable bonds is 5. The summed E-state index contributed by atoms with van der Waals surface area (Å²) >= 11 is 0. The third-order valence-corrected chi connectivity index (χ3v) is 2.71. The van der Waals surface area contributed by atoms with Crippen molar-refractivity contribution in [2.75, 3.05) is 26.8 Å². The van der Waals surface area contributed by atoms with Gasteiger partial charge in [0.1, 0.15) is 0 Å². The Labute approximate surface area is 96.0 Å². The van der Waals surface area contributed by atoms with Gasteiger partial charge in [0.2, 0.25) is 0 Å². The molecule has 2 nitrogen and oxygen atoms in total. The topological polar surface area (TPSA) is 12.5 Å². The molecule has 0 spiro atoms. The molecule has 0 rings (SSSR count). The monoisotopic (exact) mass is 215 g/mol. The molecule has 0 aromatic carbocycles. The molecule has 0 saturated heterocycles. The first kappa shape index (κ1) is 14.9. The first-order valence-electron chi connectivity index (χ1n) is 5.92. The minimum absolute atomic E-state index is 0.243. The molecule has 0 bridgehead atoms. The highest BCUT2D eigenvalue weighted by atomic mass is 16.5. The molecule has 15 heavy (non-hydrogen) atoms. The Kier molecular flexibility index (Phi) is 5.82. The van der Waals surface area contributed by atoms with E-state index in [0.29, 0.717) is 5.41 Å². The molecule has 0 radical (unpaired) electrons. The van der Waals surface area contributed by atoms with Gasteiger partial charge in [0.15, 0.2) is 0 Å². The molecule has 0 N–H and O–H groups in total. The Balaban J connectivity index is 3.48. The molecule has 0 aliphatic carbocycles. The normalized spacial score (nSPS) is 13.6. The second-order valence-corrected chi connectivity index (χ2v) is 6.52. The zero-order chi connectivity index (χ0) is 12.1. The number of hydrogen-bond donors (Lipinski definition) is 0. The summed E-state index contributed by atoms with van der Waals surface area (Å²) in [7, 11) is 2.15. The fraction of sp³-hybridized carbons (Fsp3) is 1.00. The van der Waals surface area contributed by atoms with Gasteiger partial charge in [0.05, 0.1) is 6.61 Å². The van der Waals surface area contributed by atoms with Gasteiger partial charge < -0.3 is 4.74 Å². The highest BCUT2D eigenvalue weighted by Gasteiger charge is 2.16. The average Bonchev–Trinajstić information content (AvgIpc) is 1.99. The molecule has 92 valence electrons. The molecule has 0 fully saturated rings. The van der Waals surface area contributed by atoms with Crippen molar-refractivity contribution >= 4 is 0 Å². The molecule has 0 aliphatic rings. The van der Waals surface area contributed by atoms with E-state index >= 15 is 0 Å². The molecular formula is C13H29NO. The maximum Gasteiger partial charge on any atom is 0.0593 e. The van der Waals surface area contributed by atoms with Crippen molar-refractivity contribution in [1.29, 1.82) is 0 Å². The largest absolute Gasteiger partial charge is 0.380 e. The molecule has 0 atom stereocenters. The number of nitrogens with zero attached hydrogens (tertiary/aromatic N) is 1. The van der Waals surface area contributed by atoms with Gasteiger partial charge in [-0.05, 0) is 39.7 Å². The zero-order valence-corrected chi connectivity index (χ0v) is 11.7. The van der Waals surface area contributed by atoms with Crippen LogP contribution in [-0.4, -0.2) is 37.2 Å². The molecule has 0 unspecified atom stereocenters. The Hall–Kier alpha value is -0.0800. The van der Waals surface area contributed by atoms with Crippen LogP contribution in [0.5, 0.6) is 0 Å². The van der Waals surface area contributed by atoms with Crippen LogP contribution in [-0.2, 0) is 4.74 Å². The SMILES string of the molecule is CN(CCOCCC(C)(C)C)C(C)(C)C. The highest BCUT2D eigenvalue weighted by molar-refractivity contribution is 4.72. The Morgan fingerprint density at radius 3 is 1.87 bits per heavy atom. The lowest BCUT2D eigenvalue weighted by Crippen LogP contribution is -2.40. The van der Waals surface area contributed by atoms with Crippen molar-refractivity contribution in [2.45, 2.75) is 53.5 Å². The summed E-state index contributed by atoms with van der Waals surface area (Å²) in [6, 6.07) is 0. The molecule has 2 heteroatoms. The summed E-state index contributed by atoms with van der Waals surface area (Å²) in [5, 5.41) is 0. The quantitative estimate of drug-likeness (QED) is 0.653. The molecular weight excluding hydrogens is 186 g/mol. The van der Waals surface area contributed by atoms with Gasteiger partial charge in [-0.2, -0.15) is 0 Å². The van der Waals surface area contributed by atoms with Gasteiger partial charge in [-0.1, -0.05) is 20.8 Å². The first-order valence-corrected chi connectivity index (χ1v) is 5.92. The van der Waals surface area contributed by atoms with E-state index in [4.69, 9.17) is 4.74 Å². The van der Waals surface area contributed by atoms with E-state index in [0.717, 1.165) is 26.2 Å². The van der Waals surface area contributed by atoms with Crippen molar-refractivity contribution in [3.05, 3.63) is 0 Å². The third-order valence-electron chi connectivity index (χ3n) is 2.71. The lowest BCUT2D eigenvalue weighted by Gasteiger charge is -2.31. The summed E-state index contributed by atoms with van der Waals surface area (Å²) in [6.07, 6.45) is 1.13. The molecule has 0 amide bonds. The van der Waals surface area contributed by atoms with E-state index in [-0.39, 0.29) is 5.54 Å². The van der Waals surface area contributed by atoms with Crippen LogP contribution in [0.4, 0.5) is 0 Å². The maximum absolute atomic E-state index is 5.63. The molecule has 0 aromatic heterocycles. The first-order chi connectivity index (χ1) is 6.63. The van der Waals surface area contributed by atoms with E-state index in [9.17, 15) is 0 Å². The summed E-state index contributed by atoms with van der Waals surface area (Å²) < 4.78 is 5.63. The second-order valence-electron chi connectivity index (χ2n) is 6.52. The minimum atomic E-state index is 0.243. The van der Waals surface area contributed by atoms with Crippen LogP contribution in [0, 0.1) is 5.41 Å². The minimum Gasteiger partial charge on any atom is -0.380 e. The van der Waals surface area contributed by atoms with E-state index in [2.05, 4.69) is 53.5 Å². The highest BCUT2D eigenvalue weighted by Crippen LogP contribution is 2.17. The van der Waals surface area contributed by atoms with Gasteiger partial charge in [0, 0.05) is 18.7 Å². The standard InChI is InChI=1S/C13H29NO/c1-12(2,3)8-10-15-11-9-14(7)13(4,5)6/h8-11H2,1-7H3. The summed E-state index contributed by atoms with van der Waals surface area (Å²) in [5.74, 6) is 0. The van der Waals surface area contributed by atoms with Crippen molar-refractivity contribution in [1.82, 2.24) is 4.90 Å². The summed E-state index contributed by atoms with van der Waals surface area (Å²) in [6.45, 7) is 16.1. The number of likely N-dealkylation sites (N-methyl/N-ethyl adjacent to an activating group) is 1. The van der Waals surface area contributed by atoms with Gasteiger partial charge in [0.25, 0.3) is 0 Å². The second kappa shape index (κ2) is 5.86. The predicted molar refractivity (Wildman–Crippen MR) is 67.3 cm³/mol. The van der Waals surface area contributed by atoms with Crippen LogP contribution in [0.25, 0.3) is 0 Å². The van der Waals surface area contributed by atoms with Crippen LogP contribution in [0.15, 0.2) is 0 Å². The van der Waals surface area contributed by atoms with Gasteiger partial charge in [-0.3, -0.25) is 4.90 Å². The smallest absolute Gasteiger partial charge is 0.0593 e. The van der Waals surface area contributed by atoms with Crippen LogP contribution in [0.3, 0.4) is 0 Å². The van der Waals surface area contributed by atoms with Crippen molar-refractivity contribution < 1.29 is 4.74 Å². The van der Waals surface area contributed by atoms with E-state index in [1.807, 2.05) is 0 Å². The summed E-state index contributed by atoms with van der Waals surface area (Å²) in [5.41, 5.74) is 0.628. The van der Waals surface area contributed by atoms with Gasteiger partial charge in [-0.25, -0.2) is 0 Å². The lowest BCUT2D eigenvalue weighted by molar-refractivity contribution is 0.0680. The number of hydrogen-bond acceptors (Lipinski definition) is 2. The average molecular weight is 215 g/mol. The maximum atomic E-state index is 5.63. The third kappa shape index (κ3) is 8.88. The fourth-order valence-corrected chi connectivity index (χ4v) is 1.02. The van der Waals surface area contributed by atoms with Crippen LogP contribution in [0.2, 0.25) is 0 Å². The van der Waals surface area contributed by atoms with Crippen molar-refractivity contribution in [2.24, 2.45) is 5.41 Å². The van der Waals surface area contributed by atoms with E-state index in [1.54, 1.807) is 0 Å². The van der Waals surface area contributed by atoms with Gasteiger partial charge in [-0.15, -0.1) is 0 Å². The Bertz CT molecular complexity index is 164. The van der Waals surface area contributed by atoms with Crippen molar-refractivity contribution in [3.63, 3.8) is 0 Å². The fourth-order valence-electron chi connectivity index (χ4n) is 1.02. The van der Waals surface area contributed by atoms with E-state index in [1.165, 1.54) is 0 Å². The Morgan fingerprint density at radius 1 is 0.933 bits per heavy atom. The molecule has 0 aromatic rings. The number of ether oxygens (including phenoxy) is 1. The van der Waals surface area contributed by atoms with Gasteiger partial charge >= 0.3 is 0 Å². The lowest BCUT2D eigenvalue weighted by atomic mass is 9.93. The molecule has 0 aliphatic heterocycles. The van der Waals surface area contributed by atoms with Crippen LogP contribution >= 0.6 is 0 Å². The molecule has 0 heterocycles. The van der Waals surface area contributed by atoms with Crippen LogP contribution < -0.4 is 0 Å². The van der Waals surface area contributed by atoms with E-state index < -0.39 is 0 Å². The zero-order valence-electron chi connectivity index (χ0n) is 11.7. The predicted octanol–water partition coefficient (Wildman–Crippen LogP) is 3.17.